The number of para-hydroxylation sites is 2. The summed E-state index contributed by atoms with van der Waals surface area (Å²) >= 11 is 0. The van der Waals surface area contributed by atoms with Gasteiger partial charge in [0, 0.05) is 29.9 Å². The van der Waals surface area contributed by atoms with Gasteiger partial charge < -0.3 is 20.1 Å². The number of nitrogens with zero attached hydrogens (tertiary/aromatic N) is 1. The van der Waals surface area contributed by atoms with Crippen LogP contribution in [0.5, 0.6) is 0 Å². The first kappa shape index (κ1) is 23.7. The molecule has 35 heavy (non-hydrogen) atoms. The van der Waals surface area contributed by atoms with E-state index in [-0.39, 0.29) is 17.4 Å². The summed E-state index contributed by atoms with van der Waals surface area (Å²) in [6.45, 7) is 3.10. The Hall–Kier alpha value is -4.43. The number of morpholine rings is 1. The van der Waals surface area contributed by atoms with E-state index in [1.54, 1.807) is 54.6 Å². The number of rotatable bonds is 7. The molecule has 0 atom stereocenters. The summed E-state index contributed by atoms with van der Waals surface area (Å²) in [6, 6.07) is 20.8. The Morgan fingerprint density at radius 1 is 0.800 bits per heavy atom. The Bertz CT molecular complexity index is 1230. The van der Waals surface area contributed by atoms with Gasteiger partial charge in [-0.25, -0.2) is 4.79 Å². The molecule has 1 saturated heterocycles. The van der Waals surface area contributed by atoms with Crippen molar-refractivity contribution in [3.63, 3.8) is 0 Å². The van der Waals surface area contributed by atoms with E-state index in [0.29, 0.717) is 30.0 Å². The molecule has 0 aromatic heterocycles. The van der Waals surface area contributed by atoms with Crippen molar-refractivity contribution in [1.29, 1.82) is 0 Å². The number of benzene rings is 3. The fourth-order valence-corrected chi connectivity index (χ4v) is 3.68. The van der Waals surface area contributed by atoms with E-state index in [4.69, 9.17) is 9.84 Å². The van der Waals surface area contributed by atoms with E-state index >= 15 is 0 Å². The van der Waals surface area contributed by atoms with Crippen LogP contribution in [-0.4, -0.2) is 49.2 Å². The zero-order valence-electron chi connectivity index (χ0n) is 18.9. The number of carbonyl (C=O) groups is 3. The normalized spacial score (nSPS) is 13.4. The number of amides is 2. The van der Waals surface area contributed by atoms with Gasteiger partial charge in [-0.2, -0.15) is 0 Å². The molecule has 1 aliphatic rings. The van der Waals surface area contributed by atoms with Crippen molar-refractivity contribution in [1.82, 2.24) is 0 Å². The second-order valence-corrected chi connectivity index (χ2v) is 7.90. The second kappa shape index (κ2) is 11.1. The van der Waals surface area contributed by atoms with E-state index in [1.807, 2.05) is 24.3 Å². The van der Waals surface area contributed by atoms with Crippen LogP contribution in [0.15, 0.2) is 78.9 Å². The Labute approximate surface area is 202 Å². The van der Waals surface area contributed by atoms with Crippen molar-refractivity contribution >= 4 is 40.9 Å². The van der Waals surface area contributed by atoms with Gasteiger partial charge in [-0.1, -0.05) is 30.3 Å². The number of nitrogens with one attached hydrogen (secondary N) is 2. The maximum absolute atomic E-state index is 12.6. The summed E-state index contributed by atoms with van der Waals surface area (Å²) in [6.07, 6.45) is 1.99. The average Bonchev–Trinajstić information content (AvgIpc) is 2.89. The topological polar surface area (TPSA) is 108 Å². The molecule has 0 saturated carbocycles. The molecule has 3 N–H and O–H groups in total. The molecule has 0 radical (unpaired) electrons. The van der Waals surface area contributed by atoms with Crippen LogP contribution in [0.25, 0.3) is 6.08 Å². The Balaban J connectivity index is 1.36. The molecule has 0 spiro atoms. The molecule has 1 fully saturated rings. The third-order valence-corrected chi connectivity index (χ3v) is 5.54. The van der Waals surface area contributed by atoms with Gasteiger partial charge in [-0.05, 0) is 60.2 Å². The van der Waals surface area contributed by atoms with Gasteiger partial charge >= 0.3 is 6.09 Å². The number of anilines is 3. The average molecular weight is 472 g/mol. The summed E-state index contributed by atoms with van der Waals surface area (Å²) in [5.41, 5.74) is 3.48. The molecule has 0 unspecified atom stereocenters. The van der Waals surface area contributed by atoms with Crippen LogP contribution < -0.4 is 15.5 Å². The van der Waals surface area contributed by atoms with E-state index in [9.17, 15) is 14.4 Å². The zero-order chi connectivity index (χ0) is 24.6. The van der Waals surface area contributed by atoms with Crippen LogP contribution >= 0.6 is 0 Å². The monoisotopic (exact) mass is 471 g/mol. The molecule has 0 aliphatic carbocycles. The molecular formula is C27H25N3O5. The second-order valence-electron chi connectivity index (χ2n) is 7.90. The molecule has 3 aromatic rings. The van der Waals surface area contributed by atoms with Crippen LogP contribution in [0, 0.1) is 0 Å². The highest BCUT2D eigenvalue weighted by atomic mass is 16.5. The number of allylic oxidation sites excluding steroid dienone is 1. The number of carbonyl (C=O) groups excluding carboxylic acids is 2. The van der Waals surface area contributed by atoms with Gasteiger partial charge in [0.1, 0.15) is 0 Å². The Morgan fingerprint density at radius 3 is 2.03 bits per heavy atom. The molecule has 1 aliphatic heterocycles. The van der Waals surface area contributed by atoms with Crippen LogP contribution in [0.1, 0.15) is 26.3 Å². The van der Waals surface area contributed by atoms with Crippen LogP contribution in [-0.2, 0) is 4.74 Å². The van der Waals surface area contributed by atoms with Gasteiger partial charge in [-0.15, -0.1) is 0 Å². The maximum Gasteiger partial charge on any atom is 0.409 e. The number of carboxylic acid groups (broad SMARTS) is 1. The highest BCUT2D eigenvalue weighted by molar-refractivity contribution is 6.08. The predicted octanol–water partition coefficient (Wildman–Crippen LogP) is 4.76. The van der Waals surface area contributed by atoms with Crippen LogP contribution in [0.2, 0.25) is 0 Å². The molecule has 3 aromatic carbocycles. The van der Waals surface area contributed by atoms with Crippen molar-refractivity contribution in [3.8, 4) is 0 Å². The molecular weight excluding hydrogens is 446 g/mol. The molecule has 8 nitrogen and oxygen atoms in total. The van der Waals surface area contributed by atoms with Gasteiger partial charge in [0.25, 0.3) is 5.91 Å². The smallest absolute Gasteiger partial charge is 0.409 e. The third kappa shape index (κ3) is 6.33. The summed E-state index contributed by atoms with van der Waals surface area (Å²) in [5, 5.41) is 13.9. The minimum absolute atomic E-state index is 0.108. The first-order valence-corrected chi connectivity index (χ1v) is 11.2. The lowest BCUT2D eigenvalue weighted by molar-refractivity contribution is 0.102. The summed E-state index contributed by atoms with van der Waals surface area (Å²) < 4.78 is 5.37. The highest BCUT2D eigenvalue weighted by Crippen LogP contribution is 2.22. The van der Waals surface area contributed by atoms with Gasteiger partial charge in [0.2, 0.25) is 0 Å². The fourth-order valence-electron chi connectivity index (χ4n) is 3.68. The first-order valence-electron chi connectivity index (χ1n) is 11.2. The quantitative estimate of drug-likeness (QED) is 0.339. The van der Waals surface area contributed by atoms with Crippen LogP contribution in [0.4, 0.5) is 21.9 Å². The lowest BCUT2D eigenvalue weighted by atomic mass is 10.1. The van der Waals surface area contributed by atoms with Gasteiger partial charge in [0.15, 0.2) is 5.78 Å². The standard InChI is InChI=1S/C27H25N3O5/c31-25(20-10-12-22(13-11-20)30-15-17-35-18-16-30)14-7-19-5-8-21(9-6-19)26(32)28-23-3-1-2-4-24(23)29-27(33)34/h1-14,29H,15-18H2,(H,28,32)(H,33,34). The number of ketones is 1. The Kier molecular flexibility index (Phi) is 7.54. The van der Waals surface area contributed by atoms with Crippen molar-refractivity contribution in [2.45, 2.75) is 0 Å². The SMILES string of the molecule is O=C(O)Nc1ccccc1NC(=O)c1ccc(C=CC(=O)c2ccc(N3CCOCC3)cc2)cc1. The van der Waals surface area contributed by atoms with Crippen molar-refractivity contribution in [2.75, 3.05) is 41.8 Å². The molecule has 8 heteroatoms. The molecule has 2 amide bonds. The van der Waals surface area contributed by atoms with E-state index in [0.717, 1.165) is 24.3 Å². The number of hydrogen-bond acceptors (Lipinski definition) is 5. The summed E-state index contributed by atoms with van der Waals surface area (Å²) in [7, 11) is 0. The van der Waals surface area contributed by atoms with Crippen molar-refractivity contribution < 1.29 is 24.2 Å². The zero-order valence-corrected chi connectivity index (χ0v) is 18.9. The summed E-state index contributed by atoms with van der Waals surface area (Å²) in [5.74, 6) is -0.487. The van der Waals surface area contributed by atoms with E-state index in [1.165, 1.54) is 6.08 Å². The van der Waals surface area contributed by atoms with E-state index in [2.05, 4.69) is 15.5 Å². The molecule has 4 rings (SSSR count). The highest BCUT2D eigenvalue weighted by Gasteiger charge is 2.12. The van der Waals surface area contributed by atoms with Crippen LogP contribution in [0.3, 0.4) is 0 Å². The predicted molar refractivity (Wildman–Crippen MR) is 135 cm³/mol. The molecule has 0 bridgehead atoms. The minimum atomic E-state index is -1.22. The lowest BCUT2D eigenvalue weighted by Gasteiger charge is -2.28. The molecule has 1 heterocycles. The number of hydrogen-bond donors (Lipinski definition) is 3. The van der Waals surface area contributed by atoms with E-state index < -0.39 is 6.09 Å². The number of ether oxygens (including phenoxy) is 1. The van der Waals surface area contributed by atoms with Gasteiger partial charge in [0.05, 0.1) is 24.6 Å². The van der Waals surface area contributed by atoms with Gasteiger partial charge in [-0.3, -0.25) is 14.9 Å². The molecule has 178 valence electrons. The largest absolute Gasteiger partial charge is 0.465 e. The fraction of sp³-hybridized carbons (Fsp3) is 0.148. The minimum Gasteiger partial charge on any atom is -0.465 e. The third-order valence-electron chi connectivity index (χ3n) is 5.54. The van der Waals surface area contributed by atoms with Crippen molar-refractivity contribution in [3.05, 3.63) is 95.6 Å². The Morgan fingerprint density at radius 2 is 1.40 bits per heavy atom. The summed E-state index contributed by atoms with van der Waals surface area (Å²) in [4.78, 5) is 38.3. The maximum atomic E-state index is 12.6. The first-order chi connectivity index (χ1) is 17.0. The van der Waals surface area contributed by atoms with Crippen molar-refractivity contribution in [2.24, 2.45) is 0 Å². The lowest BCUT2D eigenvalue weighted by Crippen LogP contribution is -2.36.